The Balaban J connectivity index is 0.00000280. The Morgan fingerprint density at radius 2 is 1.86 bits per heavy atom. The Morgan fingerprint density at radius 3 is 2.64 bits per heavy atom. The van der Waals surface area contributed by atoms with E-state index in [1.807, 2.05) is 28.8 Å². The molecule has 0 aliphatic heterocycles. The molecule has 0 saturated heterocycles. The molecule has 0 saturated carbocycles. The molecule has 2 N–H and O–H groups in total. The van der Waals surface area contributed by atoms with E-state index < -0.39 is 0 Å². The predicted molar refractivity (Wildman–Crippen MR) is 124 cm³/mol. The van der Waals surface area contributed by atoms with Crippen LogP contribution in [0.25, 0.3) is 5.65 Å². The van der Waals surface area contributed by atoms with Gasteiger partial charge in [-0.05, 0) is 36.9 Å². The van der Waals surface area contributed by atoms with Crippen molar-refractivity contribution in [3.05, 3.63) is 65.6 Å². The van der Waals surface area contributed by atoms with E-state index in [0.717, 1.165) is 30.5 Å². The van der Waals surface area contributed by atoms with Crippen molar-refractivity contribution in [1.29, 1.82) is 0 Å². The number of aromatic nitrogens is 3. The van der Waals surface area contributed by atoms with Crippen LogP contribution < -0.4 is 10.6 Å². The molecule has 3 rings (SSSR count). The van der Waals surface area contributed by atoms with Crippen molar-refractivity contribution in [1.82, 2.24) is 30.1 Å². The number of aliphatic imine (C=N–C) groups is 1. The molecule has 0 unspecified atom stereocenters. The summed E-state index contributed by atoms with van der Waals surface area (Å²) in [7, 11) is 3.90. The molecule has 0 bridgehead atoms. The number of benzene rings is 1. The van der Waals surface area contributed by atoms with Gasteiger partial charge in [0, 0.05) is 26.3 Å². The smallest absolute Gasteiger partial charge is 0.191 e. The van der Waals surface area contributed by atoms with E-state index in [1.165, 1.54) is 11.1 Å². The first-order chi connectivity index (χ1) is 13.2. The summed E-state index contributed by atoms with van der Waals surface area (Å²) in [6.45, 7) is 5.42. The van der Waals surface area contributed by atoms with E-state index in [4.69, 9.17) is 0 Å². The Hall–Kier alpha value is -2.20. The SMILES string of the molecule is CCN(C)Cc1cccc(CNC(=NC)NCc2nnc3ccccn23)c1.I. The highest BCUT2D eigenvalue weighted by atomic mass is 127. The number of fused-ring (bicyclic) bond motifs is 1. The predicted octanol–water partition coefficient (Wildman–Crippen LogP) is 2.66. The molecule has 0 spiro atoms. The number of hydrogen-bond donors (Lipinski definition) is 2. The van der Waals surface area contributed by atoms with Crippen LogP contribution in [0.2, 0.25) is 0 Å². The average molecular weight is 493 g/mol. The van der Waals surface area contributed by atoms with Crippen molar-refractivity contribution in [3.8, 4) is 0 Å². The number of nitrogens with zero attached hydrogens (tertiary/aromatic N) is 5. The van der Waals surface area contributed by atoms with Crippen LogP contribution in [-0.4, -0.2) is 46.1 Å². The zero-order valence-corrected chi connectivity index (χ0v) is 18.9. The van der Waals surface area contributed by atoms with Gasteiger partial charge in [0.05, 0.1) is 6.54 Å². The first-order valence-corrected chi connectivity index (χ1v) is 9.19. The minimum Gasteiger partial charge on any atom is -0.352 e. The van der Waals surface area contributed by atoms with Gasteiger partial charge in [0.25, 0.3) is 0 Å². The molecule has 28 heavy (non-hydrogen) atoms. The van der Waals surface area contributed by atoms with Crippen LogP contribution in [0.3, 0.4) is 0 Å². The maximum Gasteiger partial charge on any atom is 0.191 e. The Bertz CT molecular complexity index is 906. The molecular weight excluding hydrogens is 465 g/mol. The first-order valence-electron chi connectivity index (χ1n) is 9.19. The van der Waals surface area contributed by atoms with Crippen LogP contribution in [0, 0.1) is 0 Å². The number of pyridine rings is 1. The standard InChI is InChI=1S/C20H27N7.HI/c1-4-26(3)15-17-9-7-8-16(12-17)13-22-20(21-2)23-14-19-25-24-18-10-5-6-11-27(18)19;/h5-12H,4,13-15H2,1-3H3,(H2,21,22,23);1H. The summed E-state index contributed by atoms with van der Waals surface area (Å²) in [6, 6.07) is 14.5. The topological polar surface area (TPSA) is 69.8 Å². The van der Waals surface area contributed by atoms with Gasteiger partial charge in [-0.3, -0.25) is 9.39 Å². The lowest BCUT2D eigenvalue weighted by Crippen LogP contribution is -2.36. The molecule has 1 aromatic carbocycles. The van der Waals surface area contributed by atoms with Gasteiger partial charge in [0.15, 0.2) is 17.4 Å². The number of halogens is 1. The van der Waals surface area contributed by atoms with Gasteiger partial charge >= 0.3 is 0 Å². The van der Waals surface area contributed by atoms with Crippen molar-refractivity contribution >= 4 is 35.6 Å². The number of nitrogens with one attached hydrogen (secondary N) is 2. The molecule has 2 heterocycles. The van der Waals surface area contributed by atoms with E-state index >= 15 is 0 Å². The molecule has 8 heteroatoms. The number of hydrogen-bond acceptors (Lipinski definition) is 4. The normalized spacial score (nSPS) is 11.5. The van der Waals surface area contributed by atoms with Crippen molar-refractivity contribution in [2.45, 2.75) is 26.6 Å². The first kappa shape index (κ1) is 22.1. The molecule has 0 atom stereocenters. The van der Waals surface area contributed by atoms with Crippen LogP contribution in [-0.2, 0) is 19.6 Å². The Morgan fingerprint density at radius 1 is 1.07 bits per heavy atom. The lowest BCUT2D eigenvalue weighted by molar-refractivity contribution is 0.345. The minimum absolute atomic E-state index is 0. The van der Waals surface area contributed by atoms with Crippen molar-refractivity contribution in [3.63, 3.8) is 0 Å². The summed E-state index contributed by atoms with van der Waals surface area (Å²) in [5.41, 5.74) is 3.38. The van der Waals surface area contributed by atoms with E-state index in [9.17, 15) is 0 Å². The van der Waals surface area contributed by atoms with Crippen LogP contribution in [0.4, 0.5) is 0 Å². The quantitative estimate of drug-likeness (QED) is 0.301. The maximum atomic E-state index is 4.30. The third-order valence-electron chi connectivity index (χ3n) is 4.47. The largest absolute Gasteiger partial charge is 0.352 e. The monoisotopic (exact) mass is 493 g/mol. The van der Waals surface area contributed by atoms with Crippen molar-refractivity contribution < 1.29 is 0 Å². The van der Waals surface area contributed by atoms with Gasteiger partial charge in [0.1, 0.15) is 0 Å². The third kappa shape index (κ3) is 5.90. The zero-order valence-electron chi connectivity index (χ0n) is 16.6. The van der Waals surface area contributed by atoms with Crippen LogP contribution >= 0.6 is 24.0 Å². The molecule has 0 fully saturated rings. The maximum absolute atomic E-state index is 4.30. The molecule has 2 aromatic heterocycles. The summed E-state index contributed by atoms with van der Waals surface area (Å²) in [5, 5.41) is 15.1. The van der Waals surface area contributed by atoms with Gasteiger partial charge in [-0.2, -0.15) is 0 Å². The Kier molecular flexibility index (Phi) is 8.65. The van der Waals surface area contributed by atoms with E-state index in [0.29, 0.717) is 13.1 Å². The average Bonchev–Trinajstić information content (AvgIpc) is 3.11. The fourth-order valence-electron chi connectivity index (χ4n) is 2.84. The van der Waals surface area contributed by atoms with Crippen LogP contribution in [0.15, 0.2) is 53.7 Å². The van der Waals surface area contributed by atoms with Gasteiger partial charge < -0.3 is 15.5 Å². The summed E-state index contributed by atoms with van der Waals surface area (Å²) in [4.78, 5) is 6.58. The lowest BCUT2D eigenvalue weighted by Gasteiger charge is -2.15. The molecule has 0 radical (unpaired) electrons. The van der Waals surface area contributed by atoms with E-state index in [2.05, 4.69) is 69.0 Å². The molecule has 0 amide bonds. The van der Waals surface area contributed by atoms with E-state index in [-0.39, 0.29) is 24.0 Å². The fraction of sp³-hybridized carbons (Fsp3) is 0.350. The molecule has 0 aliphatic carbocycles. The molecule has 0 aliphatic rings. The molecular formula is C20H28IN7. The fourth-order valence-corrected chi connectivity index (χ4v) is 2.84. The molecule has 3 aromatic rings. The highest BCUT2D eigenvalue weighted by molar-refractivity contribution is 14.0. The molecule has 150 valence electrons. The number of guanidine groups is 1. The second kappa shape index (κ2) is 11.0. The number of rotatable bonds is 7. The summed E-state index contributed by atoms with van der Waals surface area (Å²) >= 11 is 0. The van der Waals surface area contributed by atoms with Gasteiger partial charge in [0.2, 0.25) is 0 Å². The highest BCUT2D eigenvalue weighted by Crippen LogP contribution is 2.08. The lowest BCUT2D eigenvalue weighted by atomic mass is 10.1. The second-order valence-electron chi connectivity index (χ2n) is 6.47. The third-order valence-corrected chi connectivity index (χ3v) is 4.47. The van der Waals surface area contributed by atoms with E-state index in [1.54, 1.807) is 7.05 Å². The van der Waals surface area contributed by atoms with Gasteiger partial charge in [-0.15, -0.1) is 34.2 Å². The van der Waals surface area contributed by atoms with Gasteiger partial charge in [-0.1, -0.05) is 37.3 Å². The minimum atomic E-state index is 0. The second-order valence-corrected chi connectivity index (χ2v) is 6.47. The summed E-state index contributed by atoms with van der Waals surface area (Å²) in [6.07, 6.45) is 1.96. The highest BCUT2D eigenvalue weighted by Gasteiger charge is 2.06. The van der Waals surface area contributed by atoms with Crippen LogP contribution in [0.5, 0.6) is 0 Å². The zero-order chi connectivity index (χ0) is 19.1. The summed E-state index contributed by atoms with van der Waals surface area (Å²) < 4.78 is 1.97. The summed E-state index contributed by atoms with van der Waals surface area (Å²) in [5.74, 6) is 1.58. The molecule has 7 nitrogen and oxygen atoms in total. The van der Waals surface area contributed by atoms with Gasteiger partial charge in [-0.25, -0.2) is 0 Å². The van der Waals surface area contributed by atoms with Crippen molar-refractivity contribution in [2.24, 2.45) is 4.99 Å². The van der Waals surface area contributed by atoms with Crippen LogP contribution in [0.1, 0.15) is 23.9 Å². The van der Waals surface area contributed by atoms with Crippen molar-refractivity contribution in [2.75, 3.05) is 20.6 Å². The Labute approximate surface area is 183 Å².